The number of nitrogens with zero attached hydrogens (tertiary/aromatic N) is 2. The third-order valence-electron chi connectivity index (χ3n) is 2.72. The van der Waals surface area contributed by atoms with Crippen molar-refractivity contribution in [2.75, 3.05) is 19.0 Å². The maximum absolute atomic E-state index is 8.84. The minimum Gasteiger partial charge on any atom is -0.384 e. The van der Waals surface area contributed by atoms with Crippen molar-refractivity contribution in [3.05, 3.63) is 53.7 Å². The second-order valence-electron chi connectivity index (χ2n) is 4.04. The standard InChI is InChI=1S/C15H15N3O/c1-19-10-9-12-5-2-3-7-14(12)18-15-8-4-6-13(11-16)17-15/h2-8H,9-10H2,1H3,(H,17,18). The van der Waals surface area contributed by atoms with Gasteiger partial charge in [-0.25, -0.2) is 4.98 Å². The Morgan fingerprint density at radius 2 is 2.05 bits per heavy atom. The molecule has 0 fully saturated rings. The lowest BCUT2D eigenvalue weighted by molar-refractivity contribution is 0.202. The molecule has 2 aromatic rings. The Hall–Kier alpha value is -2.38. The summed E-state index contributed by atoms with van der Waals surface area (Å²) in [5, 5.41) is 12.1. The number of anilines is 2. The minimum absolute atomic E-state index is 0.402. The summed E-state index contributed by atoms with van der Waals surface area (Å²) in [7, 11) is 1.69. The van der Waals surface area contributed by atoms with Crippen LogP contribution in [0.15, 0.2) is 42.5 Å². The van der Waals surface area contributed by atoms with E-state index in [1.54, 1.807) is 13.2 Å². The van der Waals surface area contributed by atoms with Gasteiger partial charge in [0, 0.05) is 12.8 Å². The van der Waals surface area contributed by atoms with Crippen LogP contribution in [-0.4, -0.2) is 18.7 Å². The van der Waals surface area contributed by atoms with Crippen molar-refractivity contribution < 1.29 is 4.74 Å². The Bertz CT molecular complexity index is 590. The molecular formula is C15H15N3O. The summed E-state index contributed by atoms with van der Waals surface area (Å²) >= 11 is 0. The van der Waals surface area contributed by atoms with Crippen LogP contribution in [-0.2, 0) is 11.2 Å². The van der Waals surface area contributed by atoms with Gasteiger partial charge in [-0.3, -0.25) is 0 Å². The van der Waals surface area contributed by atoms with Crippen LogP contribution in [0, 0.1) is 11.3 Å². The first kappa shape index (κ1) is 13.1. The van der Waals surface area contributed by atoms with Crippen LogP contribution < -0.4 is 5.32 Å². The van der Waals surface area contributed by atoms with E-state index in [4.69, 9.17) is 10.00 Å². The zero-order chi connectivity index (χ0) is 13.5. The van der Waals surface area contributed by atoms with E-state index in [9.17, 15) is 0 Å². The van der Waals surface area contributed by atoms with Crippen molar-refractivity contribution >= 4 is 11.5 Å². The number of benzene rings is 1. The zero-order valence-corrected chi connectivity index (χ0v) is 10.8. The second-order valence-corrected chi connectivity index (χ2v) is 4.04. The first-order valence-electron chi connectivity index (χ1n) is 6.04. The molecule has 1 aromatic heterocycles. The van der Waals surface area contributed by atoms with E-state index in [1.807, 2.05) is 36.4 Å². The third-order valence-corrected chi connectivity index (χ3v) is 2.72. The summed E-state index contributed by atoms with van der Waals surface area (Å²) in [6.07, 6.45) is 0.831. The van der Waals surface area contributed by atoms with Crippen LogP contribution in [0.3, 0.4) is 0 Å². The fourth-order valence-electron chi connectivity index (χ4n) is 1.78. The highest BCUT2D eigenvalue weighted by molar-refractivity contribution is 5.60. The smallest absolute Gasteiger partial charge is 0.142 e. The summed E-state index contributed by atoms with van der Waals surface area (Å²) in [5.41, 5.74) is 2.55. The molecule has 0 saturated heterocycles. The summed E-state index contributed by atoms with van der Waals surface area (Å²) in [4.78, 5) is 4.20. The average Bonchev–Trinajstić information content (AvgIpc) is 2.46. The molecule has 1 aromatic carbocycles. The van der Waals surface area contributed by atoms with Crippen molar-refractivity contribution in [1.82, 2.24) is 4.98 Å². The number of rotatable bonds is 5. The first-order chi connectivity index (χ1) is 9.33. The molecule has 1 heterocycles. The normalized spacial score (nSPS) is 9.89. The van der Waals surface area contributed by atoms with Gasteiger partial charge in [-0.05, 0) is 30.2 Å². The van der Waals surface area contributed by atoms with Gasteiger partial charge >= 0.3 is 0 Å². The first-order valence-corrected chi connectivity index (χ1v) is 6.04. The lowest BCUT2D eigenvalue weighted by atomic mass is 10.1. The van der Waals surface area contributed by atoms with Gasteiger partial charge in [0.15, 0.2) is 0 Å². The molecule has 1 N–H and O–H groups in total. The number of methoxy groups -OCH3 is 1. The Balaban J connectivity index is 2.20. The van der Waals surface area contributed by atoms with Gasteiger partial charge in [0.25, 0.3) is 0 Å². The molecule has 0 radical (unpaired) electrons. The Morgan fingerprint density at radius 1 is 1.21 bits per heavy atom. The maximum atomic E-state index is 8.84. The number of nitrogens with one attached hydrogen (secondary N) is 1. The monoisotopic (exact) mass is 253 g/mol. The Morgan fingerprint density at radius 3 is 2.84 bits per heavy atom. The number of pyridine rings is 1. The molecule has 4 heteroatoms. The van der Waals surface area contributed by atoms with Crippen LogP contribution in [0.25, 0.3) is 0 Å². The van der Waals surface area contributed by atoms with Gasteiger partial charge in [0.2, 0.25) is 0 Å². The van der Waals surface area contributed by atoms with Crippen molar-refractivity contribution in [3.8, 4) is 6.07 Å². The van der Waals surface area contributed by atoms with E-state index in [0.29, 0.717) is 18.1 Å². The highest BCUT2D eigenvalue weighted by Crippen LogP contribution is 2.20. The molecule has 4 nitrogen and oxygen atoms in total. The van der Waals surface area contributed by atoms with Crippen LogP contribution in [0.1, 0.15) is 11.3 Å². The van der Waals surface area contributed by atoms with E-state index < -0.39 is 0 Å². The number of hydrogen-bond donors (Lipinski definition) is 1. The second kappa shape index (κ2) is 6.53. The number of hydrogen-bond acceptors (Lipinski definition) is 4. The molecule has 96 valence electrons. The van der Waals surface area contributed by atoms with Gasteiger partial charge < -0.3 is 10.1 Å². The van der Waals surface area contributed by atoms with Crippen molar-refractivity contribution in [2.45, 2.75) is 6.42 Å². The van der Waals surface area contributed by atoms with Crippen LogP contribution in [0.4, 0.5) is 11.5 Å². The van der Waals surface area contributed by atoms with E-state index in [1.165, 1.54) is 0 Å². The fraction of sp³-hybridized carbons (Fsp3) is 0.200. The van der Waals surface area contributed by atoms with Gasteiger partial charge in [0.05, 0.1) is 6.61 Å². The Kier molecular flexibility index (Phi) is 4.49. The Labute approximate surface area is 112 Å². The third kappa shape index (κ3) is 3.54. The SMILES string of the molecule is COCCc1ccccc1Nc1cccc(C#N)n1. The predicted octanol–water partition coefficient (Wildman–Crippen LogP) is 2.89. The molecule has 0 spiro atoms. The molecular weight excluding hydrogens is 238 g/mol. The number of nitriles is 1. The summed E-state index contributed by atoms with van der Waals surface area (Å²) < 4.78 is 5.10. The maximum Gasteiger partial charge on any atom is 0.142 e. The fourth-order valence-corrected chi connectivity index (χ4v) is 1.78. The summed E-state index contributed by atoms with van der Waals surface area (Å²) in [6, 6.07) is 15.4. The molecule has 0 bridgehead atoms. The van der Waals surface area contributed by atoms with Crippen molar-refractivity contribution in [1.29, 1.82) is 5.26 Å². The van der Waals surface area contributed by atoms with Gasteiger partial charge in [0.1, 0.15) is 17.6 Å². The van der Waals surface area contributed by atoms with Crippen LogP contribution in [0.5, 0.6) is 0 Å². The highest BCUT2D eigenvalue weighted by Gasteiger charge is 2.03. The van der Waals surface area contributed by atoms with E-state index in [2.05, 4.69) is 16.4 Å². The predicted molar refractivity (Wildman–Crippen MR) is 74.3 cm³/mol. The largest absolute Gasteiger partial charge is 0.384 e. The summed E-state index contributed by atoms with van der Waals surface area (Å²) in [5.74, 6) is 0.670. The molecule has 0 aliphatic heterocycles. The molecule has 0 aliphatic carbocycles. The van der Waals surface area contributed by atoms with Crippen molar-refractivity contribution in [3.63, 3.8) is 0 Å². The lowest BCUT2D eigenvalue weighted by Gasteiger charge is -2.11. The molecule has 0 aliphatic rings. The van der Waals surface area contributed by atoms with Gasteiger partial charge in [-0.1, -0.05) is 24.3 Å². The summed E-state index contributed by atoms with van der Waals surface area (Å²) in [6.45, 7) is 0.671. The number of ether oxygens (including phenoxy) is 1. The van der Waals surface area contributed by atoms with E-state index >= 15 is 0 Å². The van der Waals surface area contributed by atoms with Crippen LogP contribution in [0.2, 0.25) is 0 Å². The molecule has 2 rings (SSSR count). The molecule has 0 unspecified atom stereocenters. The zero-order valence-electron chi connectivity index (χ0n) is 10.8. The molecule has 19 heavy (non-hydrogen) atoms. The molecule has 0 saturated carbocycles. The van der Waals surface area contributed by atoms with Crippen LogP contribution >= 0.6 is 0 Å². The molecule has 0 amide bonds. The quantitative estimate of drug-likeness (QED) is 0.890. The molecule has 0 atom stereocenters. The minimum atomic E-state index is 0.402. The van der Waals surface area contributed by atoms with Gasteiger partial charge in [-0.2, -0.15) is 5.26 Å². The number of para-hydroxylation sites is 1. The van der Waals surface area contributed by atoms with Gasteiger partial charge in [-0.15, -0.1) is 0 Å². The van der Waals surface area contributed by atoms with E-state index in [0.717, 1.165) is 17.7 Å². The van der Waals surface area contributed by atoms with E-state index in [-0.39, 0.29) is 0 Å². The lowest BCUT2D eigenvalue weighted by Crippen LogP contribution is -2.01. The number of aromatic nitrogens is 1. The topological polar surface area (TPSA) is 57.9 Å². The van der Waals surface area contributed by atoms with Crippen molar-refractivity contribution in [2.24, 2.45) is 0 Å². The highest BCUT2D eigenvalue weighted by atomic mass is 16.5. The average molecular weight is 253 g/mol.